The molecule has 0 aliphatic rings. The third-order valence-corrected chi connectivity index (χ3v) is 3.95. The summed E-state index contributed by atoms with van der Waals surface area (Å²) in [6, 6.07) is 12.9. The zero-order valence-corrected chi connectivity index (χ0v) is 15.8. The van der Waals surface area contributed by atoms with Crippen molar-refractivity contribution in [2.75, 3.05) is 27.8 Å². The minimum atomic E-state index is 0.258. The summed E-state index contributed by atoms with van der Waals surface area (Å²) < 4.78 is 10.7. The number of guanidine groups is 1. The lowest BCUT2D eigenvalue weighted by Crippen LogP contribution is -2.38. The van der Waals surface area contributed by atoms with Crippen LogP contribution in [0.15, 0.2) is 47.5 Å². The summed E-state index contributed by atoms with van der Waals surface area (Å²) in [6.07, 6.45) is 0. The Bertz CT molecular complexity index is 730. The number of ether oxygens (including phenoxy) is 2. The summed E-state index contributed by atoms with van der Waals surface area (Å²) in [4.78, 5) is 6.73. The van der Waals surface area contributed by atoms with Gasteiger partial charge in [0, 0.05) is 31.8 Å². The number of nitrogens with one attached hydrogen (secondary N) is 1. The van der Waals surface area contributed by atoms with E-state index in [1.54, 1.807) is 26.4 Å². The largest absolute Gasteiger partial charge is 0.508 e. The maximum absolute atomic E-state index is 9.38. The van der Waals surface area contributed by atoms with Gasteiger partial charge in [-0.3, -0.25) is 0 Å². The van der Waals surface area contributed by atoms with Gasteiger partial charge in [-0.25, -0.2) is 4.99 Å². The molecule has 6 heteroatoms. The zero-order chi connectivity index (χ0) is 18.9. The number of benzene rings is 2. The first-order chi connectivity index (χ1) is 12.6. The fourth-order valence-corrected chi connectivity index (χ4v) is 2.55. The summed E-state index contributed by atoms with van der Waals surface area (Å²) in [5.74, 6) is 2.61. The molecule has 6 nitrogen and oxygen atoms in total. The van der Waals surface area contributed by atoms with Crippen LogP contribution in [0.1, 0.15) is 18.1 Å². The maximum Gasteiger partial charge on any atom is 0.194 e. The van der Waals surface area contributed by atoms with Gasteiger partial charge in [-0.2, -0.15) is 0 Å². The van der Waals surface area contributed by atoms with E-state index in [1.165, 1.54) is 0 Å². The van der Waals surface area contributed by atoms with Crippen molar-refractivity contribution in [3.63, 3.8) is 0 Å². The van der Waals surface area contributed by atoms with Crippen molar-refractivity contribution in [2.45, 2.75) is 20.0 Å². The third kappa shape index (κ3) is 5.31. The van der Waals surface area contributed by atoms with E-state index in [-0.39, 0.29) is 5.75 Å². The lowest BCUT2D eigenvalue weighted by atomic mass is 10.2. The predicted molar refractivity (Wildman–Crippen MR) is 104 cm³/mol. The number of rotatable bonds is 7. The highest BCUT2D eigenvalue weighted by Gasteiger charge is 2.11. The van der Waals surface area contributed by atoms with Crippen molar-refractivity contribution >= 4 is 5.96 Å². The highest BCUT2D eigenvalue weighted by Crippen LogP contribution is 2.25. The fourth-order valence-electron chi connectivity index (χ4n) is 2.55. The Kier molecular flexibility index (Phi) is 7.14. The Hall–Kier alpha value is -2.89. The molecule has 0 atom stereocenters. The van der Waals surface area contributed by atoms with Gasteiger partial charge in [0.2, 0.25) is 0 Å². The molecule has 0 fully saturated rings. The van der Waals surface area contributed by atoms with Crippen LogP contribution in [0.5, 0.6) is 17.2 Å². The molecule has 0 radical (unpaired) electrons. The lowest BCUT2D eigenvalue weighted by Gasteiger charge is -2.23. The molecule has 0 bridgehead atoms. The van der Waals surface area contributed by atoms with Gasteiger partial charge < -0.3 is 24.8 Å². The van der Waals surface area contributed by atoms with E-state index in [9.17, 15) is 5.11 Å². The van der Waals surface area contributed by atoms with Crippen LogP contribution in [0.3, 0.4) is 0 Å². The molecule has 2 N–H and O–H groups in total. The molecule has 0 amide bonds. The monoisotopic (exact) mass is 357 g/mol. The molecule has 2 aromatic rings. The third-order valence-electron chi connectivity index (χ3n) is 3.95. The van der Waals surface area contributed by atoms with Crippen molar-refractivity contribution in [3.05, 3.63) is 53.6 Å². The molecule has 26 heavy (non-hydrogen) atoms. The molecular weight excluding hydrogens is 330 g/mol. The number of nitrogens with zero attached hydrogens (tertiary/aromatic N) is 2. The minimum absolute atomic E-state index is 0.258. The number of hydrogen-bond acceptors (Lipinski definition) is 4. The van der Waals surface area contributed by atoms with E-state index in [2.05, 4.69) is 10.3 Å². The number of phenols is 1. The number of hydrogen-bond donors (Lipinski definition) is 2. The highest BCUT2D eigenvalue weighted by atomic mass is 16.5. The van der Waals surface area contributed by atoms with E-state index in [4.69, 9.17) is 9.47 Å². The molecule has 2 rings (SSSR count). The molecule has 0 spiro atoms. The quantitative estimate of drug-likeness (QED) is 0.589. The number of phenolic OH excluding ortho intramolecular Hbond substituents is 1. The van der Waals surface area contributed by atoms with Gasteiger partial charge >= 0.3 is 0 Å². The van der Waals surface area contributed by atoms with E-state index in [0.717, 1.165) is 35.1 Å². The van der Waals surface area contributed by atoms with Crippen LogP contribution in [0.25, 0.3) is 0 Å². The standard InChI is InChI=1S/C20H27N3O3/c1-5-21-20(22-13-15-6-9-17(24)10-7-15)23(2)14-16-8-11-18(25-3)12-19(16)26-4/h6-12,24H,5,13-14H2,1-4H3,(H,21,22). The van der Waals surface area contributed by atoms with Gasteiger partial charge in [0.05, 0.1) is 20.8 Å². The average molecular weight is 357 g/mol. The first-order valence-corrected chi connectivity index (χ1v) is 8.55. The van der Waals surface area contributed by atoms with Crippen LogP contribution in [-0.2, 0) is 13.1 Å². The number of aliphatic imine (C=N–C) groups is 1. The molecular formula is C20H27N3O3. The molecule has 0 aromatic heterocycles. The van der Waals surface area contributed by atoms with Crippen LogP contribution in [0.2, 0.25) is 0 Å². The molecule has 0 aliphatic carbocycles. The zero-order valence-electron chi connectivity index (χ0n) is 15.8. The Morgan fingerprint density at radius 3 is 2.46 bits per heavy atom. The van der Waals surface area contributed by atoms with E-state index >= 15 is 0 Å². The summed E-state index contributed by atoms with van der Waals surface area (Å²) in [6.45, 7) is 4.00. The topological polar surface area (TPSA) is 66.3 Å². The molecule has 140 valence electrons. The summed E-state index contributed by atoms with van der Waals surface area (Å²) in [5, 5.41) is 12.7. The fraction of sp³-hybridized carbons (Fsp3) is 0.350. The molecule has 0 aliphatic heterocycles. The number of methoxy groups -OCH3 is 2. The van der Waals surface area contributed by atoms with Crippen LogP contribution < -0.4 is 14.8 Å². The SMILES string of the molecule is CCNC(=NCc1ccc(O)cc1)N(C)Cc1ccc(OC)cc1OC. The predicted octanol–water partition coefficient (Wildman–Crippen LogP) is 3.01. The van der Waals surface area contributed by atoms with Crippen LogP contribution >= 0.6 is 0 Å². The van der Waals surface area contributed by atoms with Crippen molar-refractivity contribution < 1.29 is 14.6 Å². The molecule has 0 saturated heterocycles. The van der Waals surface area contributed by atoms with Gasteiger partial charge in [0.25, 0.3) is 0 Å². The lowest BCUT2D eigenvalue weighted by molar-refractivity contribution is 0.382. The van der Waals surface area contributed by atoms with Crippen LogP contribution in [-0.4, -0.2) is 43.8 Å². The average Bonchev–Trinajstić information content (AvgIpc) is 2.66. The Morgan fingerprint density at radius 1 is 1.12 bits per heavy atom. The van der Waals surface area contributed by atoms with Crippen molar-refractivity contribution in [1.29, 1.82) is 0 Å². The van der Waals surface area contributed by atoms with Gasteiger partial charge in [0.15, 0.2) is 5.96 Å². The molecule has 0 saturated carbocycles. The summed E-state index contributed by atoms with van der Waals surface area (Å²) >= 11 is 0. The molecule has 0 heterocycles. The number of aromatic hydroxyl groups is 1. The molecule has 0 unspecified atom stereocenters. The van der Waals surface area contributed by atoms with Gasteiger partial charge in [-0.05, 0) is 36.8 Å². The smallest absolute Gasteiger partial charge is 0.194 e. The van der Waals surface area contributed by atoms with Gasteiger partial charge in [0.1, 0.15) is 17.2 Å². The Morgan fingerprint density at radius 2 is 1.85 bits per heavy atom. The maximum atomic E-state index is 9.38. The van der Waals surface area contributed by atoms with Gasteiger partial charge in [-0.15, -0.1) is 0 Å². The normalized spacial score (nSPS) is 11.2. The highest BCUT2D eigenvalue weighted by molar-refractivity contribution is 5.79. The van der Waals surface area contributed by atoms with Crippen LogP contribution in [0, 0.1) is 0 Å². The minimum Gasteiger partial charge on any atom is -0.508 e. The van der Waals surface area contributed by atoms with Crippen molar-refractivity contribution in [3.8, 4) is 17.2 Å². The first kappa shape index (κ1) is 19.4. The first-order valence-electron chi connectivity index (χ1n) is 8.55. The van der Waals surface area contributed by atoms with Crippen molar-refractivity contribution in [2.24, 2.45) is 4.99 Å². The van der Waals surface area contributed by atoms with E-state index in [0.29, 0.717) is 13.1 Å². The summed E-state index contributed by atoms with van der Waals surface area (Å²) in [5.41, 5.74) is 2.08. The second kappa shape index (κ2) is 9.56. The Balaban J connectivity index is 2.13. The van der Waals surface area contributed by atoms with Gasteiger partial charge in [-0.1, -0.05) is 12.1 Å². The Labute approximate surface area is 155 Å². The molecule has 2 aromatic carbocycles. The van der Waals surface area contributed by atoms with E-state index < -0.39 is 0 Å². The van der Waals surface area contributed by atoms with Crippen LogP contribution in [0.4, 0.5) is 0 Å². The van der Waals surface area contributed by atoms with Crippen molar-refractivity contribution in [1.82, 2.24) is 10.2 Å². The van der Waals surface area contributed by atoms with E-state index in [1.807, 2.05) is 49.2 Å². The second-order valence-corrected chi connectivity index (χ2v) is 5.87. The summed E-state index contributed by atoms with van der Waals surface area (Å²) in [7, 11) is 5.28. The second-order valence-electron chi connectivity index (χ2n) is 5.87.